The minimum atomic E-state index is -0.137. The minimum Gasteiger partial charge on any atom is -0.371 e. The maximum Gasteiger partial charge on any atom is 0.161 e. The van der Waals surface area contributed by atoms with Gasteiger partial charge in [0.05, 0.1) is 0 Å². The zero-order valence-corrected chi connectivity index (χ0v) is 9.14. The van der Waals surface area contributed by atoms with Gasteiger partial charge in [0.2, 0.25) is 0 Å². The number of carbonyl (C=O) groups excluding carboxylic acids is 1. The topological polar surface area (TPSA) is 26.3 Å². The van der Waals surface area contributed by atoms with Crippen molar-refractivity contribution in [3.8, 4) is 0 Å². The van der Waals surface area contributed by atoms with Gasteiger partial charge in [-0.1, -0.05) is 26.7 Å². The molecule has 0 fully saturated rings. The molecule has 0 aliphatic heterocycles. The molecule has 78 valence electrons. The van der Waals surface area contributed by atoms with Crippen molar-refractivity contribution in [1.82, 2.24) is 0 Å². The van der Waals surface area contributed by atoms with Crippen LogP contribution in [0.5, 0.6) is 0 Å². The molecule has 0 spiro atoms. The van der Waals surface area contributed by atoms with Crippen molar-refractivity contribution in [2.24, 2.45) is 0 Å². The van der Waals surface area contributed by atoms with Gasteiger partial charge in [-0.05, 0) is 19.8 Å². The molecular formula is C11H22O2. The van der Waals surface area contributed by atoms with Crippen molar-refractivity contribution in [3.05, 3.63) is 0 Å². The Morgan fingerprint density at radius 1 is 1.23 bits per heavy atom. The standard InChI is InChI=1S/C11H22O2/c1-4-7-9-10(12)11(8-5-2)13-6-3/h11H,4-9H2,1-3H3. The van der Waals surface area contributed by atoms with E-state index in [9.17, 15) is 4.79 Å². The van der Waals surface area contributed by atoms with Gasteiger partial charge in [-0.2, -0.15) is 0 Å². The van der Waals surface area contributed by atoms with Crippen LogP contribution in [0.15, 0.2) is 0 Å². The Kier molecular flexibility index (Phi) is 8.00. The van der Waals surface area contributed by atoms with Crippen molar-refractivity contribution in [2.75, 3.05) is 6.61 Å². The van der Waals surface area contributed by atoms with Gasteiger partial charge in [0.15, 0.2) is 5.78 Å². The second kappa shape index (κ2) is 8.24. The Hall–Kier alpha value is -0.370. The van der Waals surface area contributed by atoms with E-state index in [-0.39, 0.29) is 11.9 Å². The monoisotopic (exact) mass is 186 g/mol. The van der Waals surface area contributed by atoms with Crippen LogP contribution in [-0.2, 0) is 9.53 Å². The third-order valence-electron chi connectivity index (χ3n) is 2.05. The van der Waals surface area contributed by atoms with E-state index in [0.717, 1.165) is 25.7 Å². The molecule has 0 saturated carbocycles. The van der Waals surface area contributed by atoms with Gasteiger partial charge in [0.1, 0.15) is 6.10 Å². The number of carbonyl (C=O) groups is 1. The average molecular weight is 186 g/mol. The summed E-state index contributed by atoms with van der Waals surface area (Å²) in [5, 5.41) is 0. The van der Waals surface area contributed by atoms with Crippen LogP contribution in [-0.4, -0.2) is 18.5 Å². The van der Waals surface area contributed by atoms with Gasteiger partial charge < -0.3 is 4.74 Å². The lowest BCUT2D eigenvalue weighted by Gasteiger charge is -2.14. The Morgan fingerprint density at radius 2 is 1.92 bits per heavy atom. The average Bonchev–Trinajstić information content (AvgIpc) is 2.14. The molecule has 0 aliphatic rings. The lowest BCUT2D eigenvalue weighted by Crippen LogP contribution is -2.24. The van der Waals surface area contributed by atoms with Crippen LogP contribution in [0.1, 0.15) is 52.9 Å². The Morgan fingerprint density at radius 3 is 2.38 bits per heavy atom. The van der Waals surface area contributed by atoms with E-state index in [4.69, 9.17) is 4.74 Å². The van der Waals surface area contributed by atoms with Crippen molar-refractivity contribution < 1.29 is 9.53 Å². The molecule has 0 heterocycles. The van der Waals surface area contributed by atoms with Crippen molar-refractivity contribution in [2.45, 2.75) is 59.0 Å². The quantitative estimate of drug-likeness (QED) is 0.582. The molecule has 0 aromatic heterocycles. The number of hydrogen-bond donors (Lipinski definition) is 0. The van der Waals surface area contributed by atoms with E-state index in [2.05, 4.69) is 13.8 Å². The highest BCUT2D eigenvalue weighted by Gasteiger charge is 2.16. The van der Waals surface area contributed by atoms with E-state index in [1.165, 1.54) is 0 Å². The first-order chi connectivity index (χ1) is 6.26. The fourth-order valence-electron chi connectivity index (χ4n) is 1.31. The first-order valence-corrected chi connectivity index (χ1v) is 5.40. The number of ketones is 1. The molecule has 0 aliphatic carbocycles. The summed E-state index contributed by atoms with van der Waals surface area (Å²) in [5.41, 5.74) is 0. The maximum atomic E-state index is 11.6. The summed E-state index contributed by atoms with van der Waals surface area (Å²) in [7, 11) is 0. The highest BCUT2D eigenvalue weighted by molar-refractivity contribution is 5.82. The molecule has 0 radical (unpaired) electrons. The first-order valence-electron chi connectivity index (χ1n) is 5.40. The first kappa shape index (κ1) is 12.6. The van der Waals surface area contributed by atoms with Gasteiger partial charge >= 0.3 is 0 Å². The predicted molar refractivity (Wildman–Crippen MR) is 54.9 cm³/mol. The highest BCUT2D eigenvalue weighted by atomic mass is 16.5. The maximum absolute atomic E-state index is 11.6. The fraction of sp³-hybridized carbons (Fsp3) is 0.909. The number of ether oxygens (including phenoxy) is 1. The second-order valence-electron chi connectivity index (χ2n) is 3.30. The number of hydrogen-bond acceptors (Lipinski definition) is 2. The van der Waals surface area contributed by atoms with Crippen LogP contribution in [0.25, 0.3) is 0 Å². The molecular weight excluding hydrogens is 164 g/mol. The lowest BCUT2D eigenvalue weighted by atomic mass is 10.1. The summed E-state index contributed by atoms with van der Waals surface area (Å²) in [6.45, 7) is 6.76. The molecule has 1 unspecified atom stereocenters. The molecule has 0 aromatic rings. The van der Waals surface area contributed by atoms with Crippen LogP contribution >= 0.6 is 0 Å². The van der Waals surface area contributed by atoms with E-state index in [0.29, 0.717) is 13.0 Å². The molecule has 13 heavy (non-hydrogen) atoms. The van der Waals surface area contributed by atoms with E-state index in [1.807, 2.05) is 6.92 Å². The summed E-state index contributed by atoms with van der Waals surface area (Å²) in [5.74, 6) is 0.283. The zero-order valence-electron chi connectivity index (χ0n) is 9.14. The Labute approximate surface area is 81.7 Å². The third kappa shape index (κ3) is 5.81. The molecule has 2 nitrogen and oxygen atoms in total. The Balaban J connectivity index is 3.80. The van der Waals surface area contributed by atoms with Gasteiger partial charge in [0, 0.05) is 13.0 Å². The van der Waals surface area contributed by atoms with Crippen molar-refractivity contribution >= 4 is 5.78 Å². The number of Topliss-reactive ketones (excluding diaryl/α,β-unsaturated/α-hetero) is 1. The SMILES string of the molecule is CCCCC(=O)C(CCC)OCC. The molecule has 0 amide bonds. The second-order valence-corrected chi connectivity index (χ2v) is 3.30. The third-order valence-corrected chi connectivity index (χ3v) is 2.05. The molecule has 0 rings (SSSR count). The molecule has 2 heteroatoms. The predicted octanol–water partition coefficient (Wildman–Crippen LogP) is 2.95. The Bertz CT molecular complexity index is 126. The van der Waals surface area contributed by atoms with Crippen LogP contribution in [0.2, 0.25) is 0 Å². The summed E-state index contributed by atoms with van der Waals surface area (Å²) in [6, 6.07) is 0. The smallest absolute Gasteiger partial charge is 0.161 e. The number of unbranched alkanes of at least 4 members (excludes halogenated alkanes) is 1. The van der Waals surface area contributed by atoms with E-state index >= 15 is 0 Å². The van der Waals surface area contributed by atoms with Crippen molar-refractivity contribution in [1.29, 1.82) is 0 Å². The van der Waals surface area contributed by atoms with E-state index in [1.54, 1.807) is 0 Å². The van der Waals surface area contributed by atoms with Gasteiger partial charge in [0.25, 0.3) is 0 Å². The molecule has 0 saturated heterocycles. The van der Waals surface area contributed by atoms with Gasteiger partial charge in [-0.3, -0.25) is 4.79 Å². The lowest BCUT2D eigenvalue weighted by molar-refractivity contribution is -0.130. The minimum absolute atomic E-state index is 0.137. The van der Waals surface area contributed by atoms with Gasteiger partial charge in [-0.25, -0.2) is 0 Å². The molecule has 0 bridgehead atoms. The summed E-state index contributed by atoms with van der Waals surface area (Å²) in [6.07, 6.45) is 4.50. The van der Waals surface area contributed by atoms with Crippen LogP contribution in [0, 0.1) is 0 Å². The van der Waals surface area contributed by atoms with E-state index < -0.39 is 0 Å². The zero-order chi connectivity index (χ0) is 10.1. The van der Waals surface area contributed by atoms with Crippen molar-refractivity contribution in [3.63, 3.8) is 0 Å². The molecule has 0 aromatic carbocycles. The molecule has 1 atom stereocenters. The summed E-state index contributed by atoms with van der Waals surface area (Å²) in [4.78, 5) is 11.6. The summed E-state index contributed by atoms with van der Waals surface area (Å²) >= 11 is 0. The van der Waals surface area contributed by atoms with Gasteiger partial charge in [-0.15, -0.1) is 0 Å². The van der Waals surface area contributed by atoms with Crippen LogP contribution < -0.4 is 0 Å². The fourth-order valence-corrected chi connectivity index (χ4v) is 1.31. The van der Waals surface area contributed by atoms with Crippen LogP contribution in [0.4, 0.5) is 0 Å². The number of rotatable bonds is 8. The largest absolute Gasteiger partial charge is 0.371 e. The highest BCUT2D eigenvalue weighted by Crippen LogP contribution is 2.08. The van der Waals surface area contributed by atoms with Crippen LogP contribution in [0.3, 0.4) is 0 Å². The normalized spacial score (nSPS) is 12.8. The summed E-state index contributed by atoms with van der Waals surface area (Å²) < 4.78 is 5.39. The molecule has 0 N–H and O–H groups in total.